The predicted molar refractivity (Wildman–Crippen MR) is 102 cm³/mol. The average Bonchev–Trinajstić information content (AvgIpc) is 2.86. The molecule has 4 heteroatoms. The molecule has 1 N–H and O–H groups in total. The largest absolute Gasteiger partial charge is 0.390 e. The first kappa shape index (κ1) is 19.0. The van der Waals surface area contributed by atoms with E-state index < -0.39 is 17.2 Å². The van der Waals surface area contributed by atoms with Crippen molar-refractivity contribution in [1.82, 2.24) is 0 Å². The van der Waals surface area contributed by atoms with Gasteiger partial charge in [0.05, 0.1) is 6.10 Å². The van der Waals surface area contributed by atoms with Gasteiger partial charge in [0.15, 0.2) is 11.5 Å². The minimum absolute atomic E-state index is 0.0887. The van der Waals surface area contributed by atoms with Crippen molar-refractivity contribution >= 4 is 11.6 Å². The number of fused-ring (bicyclic) bond motifs is 5. The van der Waals surface area contributed by atoms with Gasteiger partial charge in [-0.15, -0.1) is 0 Å². The molecule has 3 saturated carbocycles. The maximum Gasteiger partial charge on any atom is 0.178 e. The van der Waals surface area contributed by atoms with Crippen LogP contribution in [0.25, 0.3) is 0 Å². The van der Waals surface area contributed by atoms with E-state index in [1.807, 2.05) is 13.8 Å². The Balaban J connectivity index is 1.80. The molecule has 0 heterocycles. The molecule has 0 aromatic rings. The molecule has 0 spiro atoms. The summed E-state index contributed by atoms with van der Waals surface area (Å²) in [6, 6.07) is 0. The first-order valence-corrected chi connectivity index (χ1v) is 10.4. The van der Waals surface area contributed by atoms with Crippen molar-refractivity contribution in [2.24, 2.45) is 34.5 Å². The Bertz CT molecular complexity index is 755. The Morgan fingerprint density at radius 1 is 1.33 bits per heavy atom. The van der Waals surface area contributed by atoms with E-state index in [0.717, 1.165) is 12.0 Å². The van der Waals surface area contributed by atoms with Crippen LogP contribution in [0.3, 0.4) is 0 Å². The topological polar surface area (TPSA) is 54.4 Å². The molecule has 3 nitrogen and oxygen atoms in total. The third-order valence-electron chi connectivity index (χ3n) is 8.68. The van der Waals surface area contributed by atoms with E-state index in [-0.39, 0.29) is 40.7 Å². The number of halogens is 1. The van der Waals surface area contributed by atoms with Gasteiger partial charge >= 0.3 is 0 Å². The Hall–Kier alpha value is -1.29. The molecule has 8 atom stereocenters. The van der Waals surface area contributed by atoms with Crippen molar-refractivity contribution in [2.75, 3.05) is 0 Å². The van der Waals surface area contributed by atoms with Crippen molar-refractivity contribution in [3.63, 3.8) is 0 Å². The maximum absolute atomic E-state index is 16.9. The van der Waals surface area contributed by atoms with Crippen LogP contribution in [-0.2, 0) is 9.59 Å². The number of allylic oxidation sites excluding steroid dienone is 4. The van der Waals surface area contributed by atoms with Gasteiger partial charge in [-0.3, -0.25) is 9.59 Å². The van der Waals surface area contributed by atoms with Gasteiger partial charge in [0, 0.05) is 23.7 Å². The first-order chi connectivity index (χ1) is 12.6. The summed E-state index contributed by atoms with van der Waals surface area (Å²) in [5, 5.41) is 11.2. The molecule has 148 valence electrons. The third-order valence-corrected chi connectivity index (χ3v) is 8.68. The number of aliphatic hydroxyl groups excluding tert-OH is 1. The number of ketones is 2. The Morgan fingerprint density at radius 2 is 2.04 bits per heavy atom. The summed E-state index contributed by atoms with van der Waals surface area (Å²) in [7, 11) is 0. The van der Waals surface area contributed by atoms with Crippen LogP contribution >= 0.6 is 0 Å². The van der Waals surface area contributed by atoms with E-state index >= 15 is 4.39 Å². The van der Waals surface area contributed by atoms with Gasteiger partial charge in [0.1, 0.15) is 5.78 Å². The fourth-order valence-electron chi connectivity index (χ4n) is 7.48. The highest BCUT2D eigenvalue weighted by Crippen LogP contribution is 2.69. The van der Waals surface area contributed by atoms with Crippen LogP contribution in [0.15, 0.2) is 23.8 Å². The number of hydrogen-bond donors (Lipinski definition) is 1. The summed E-state index contributed by atoms with van der Waals surface area (Å²) < 4.78 is 16.9. The maximum atomic E-state index is 16.9. The van der Waals surface area contributed by atoms with E-state index in [4.69, 9.17) is 0 Å². The molecule has 0 bridgehead atoms. The molecule has 0 aliphatic heterocycles. The zero-order valence-electron chi connectivity index (χ0n) is 16.8. The Kier molecular flexibility index (Phi) is 4.13. The molecular formula is C23H31FO3. The molecule has 0 saturated heterocycles. The van der Waals surface area contributed by atoms with Crippen LogP contribution in [0.4, 0.5) is 4.39 Å². The summed E-state index contributed by atoms with van der Waals surface area (Å²) in [6.45, 7) is 7.96. The summed E-state index contributed by atoms with van der Waals surface area (Å²) in [5.41, 5.74) is -2.27. The number of aliphatic hydroxyl groups is 1. The normalized spacial score (nSPS) is 51.3. The fourth-order valence-corrected chi connectivity index (χ4v) is 7.48. The molecule has 0 amide bonds. The summed E-state index contributed by atoms with van der Waals surface area (Å²) in [6.07, 6.45) is 6.55. The predicted octanol–water partition coefficient (Wildman–Crippen LogP) is 4.20. The number of carbonyl (C=O) groups excluding carboxylic acids is 2. The quantitative estimate of drug-likeness (QED) is 0.788. The monoisotopic (exact) mass is 374 g/mol. The van der Waals surface area contributed by atoms with Crippen LogP contribution < -0.4 is 0 Å². The van der Waals surface area contributed by atoms with Crippen molar-refractivity contribution in [2.45, 2.75) is 71.6 Å². The molecule has 0 aromatic heterocycles. The average molecular weight is 374 g/mol. The standard InChI is InChI=1S/C23H31FO3/c1-5-18(26)20-13(2)10-17-16-7-6-14-11-15(25)8-9-22(14,4)23(16,24)19(27)12-21(17,20)3/h8-9,11,13,16-17,19-20,27H,5-7,10,12H2,1-4H3/t13-,16+,17+,19+,20-,21+,22+,23+/m1/s1. The van der Waals surface area contributed by atoms with Crippen molar-refractivity contribution in [3.8, 4) is 0 Å². The lowest BCUT2D eigenvalue weighted by Gasteiger charge is -2.62. The molecule has 0 aromatic carbocycles. The number of alkyl halides is 1. The van der Waals surface area contributed by atoms with Gasteiger partial charge in [0.2, 0.25) is 0 Å². The lowest BCUT2D eigenvalue weighted by Crippen LogP contribution is -2.66. The van der Waals surface area contributed by atoms with E-state index in [2.05, 4.69) is 13.8 Å². The molecular weight excluding hydrogens is 343 g/mol. The van der Waals surface area contributed by atoms with E-state index in [1.165, 1.54) is 6.08 Å². The molecule has 0 radical (unpaired) electrons. The second-order valence-corrected chi connectivity index (χ2v) is 9.86. The van der Waals surface area contributed by atoms with Crippen molar-refractivity contribution < 1.29 is 19.1 Å². The van der Waals surface area contributed by atoms with Gasteiger partial charge < -0.3 is 5.11 Å². The van der Waals surface area contributed by atoms with Gasteiger partial charge in [-0.05, 0) is 62.0 Å². The Morgan fingerprint density at radius 3 is 2.70 bits per heavy atom. The number of Topliss-reactive ketones (excluding diaryl/α,β-unsaturated/α-hetero) is 1. The SMILES string of the molecule is CCC(=O)[C@H]1[C@H](C)C[C@H]2[C@@H]3CCC4=CC(=O)C=C[C@]4(C)[C@@]3(F)[C@@H](O)C[C@@]21C. The minimum Gasteiger partial charge on any atom is -0.390 e. The summed E-state index contributed by atoms with van der Waals surface area (Å²) in [4.78, 5) is 24.6. The van der Waals surface area contributed by atoms with E-state index in [0.29, 0.717) is 25.7 Å². The van der Waals surface area contributed by atoms with Crippen molar-refractivity contribution in [3.05, 3.63) is 23.8 Å². The van der Waals surface area contributed by atoms with Crippen LogP contribution in [0, 0.1) is 34.5 Å². The van der Waals surface area contributed by atoms with Crippen molar-refractivity contribution in [1.29, 1.82) is 0 Å². The smallest absolute Gasteiger partial charge is 0.178 e. The van der Waals surface area contributed by atoms with E-state index in [9.17, 15) is 14.7 Å². The van der Waals surface area contributed by atoms with Crippen LogP contribution in [0.1, 0.15) is 59.8 Å². The fraction of sp³-hybridized carbons (Fsp3) is 0.739. The number of rotatable bonds is 2. The Labute approximate surface area is 161 Å². The molecule has 0 unspecified atom stereocenters. The second-order valence-electron chi connectivity index (χ2n) is 9.86. The van der Waals surface area contributed by atoms with E-state index in [1.54, 1.807) is 12.2 Å². The molecule has 3 fully saturated rings. The highest BCUT2D eigenvalue weighted by Gasteiger charge is 2.71. The van der Waals surface area contributed by atoms with Gasteiger partial charge in [-0.1, -0.05) is 32.4 Å². The van der Waals surface area contributed by atoms with Gasteiger partial charge in [0.25, 0.3) is 0 Å². The molecule has 27 heavy (non-hydrogen) atoms. The zero-order chi connectivity index (χ0) is 19.8. The van der Waals surface area contributed by atoms with Gasteiger partial charge in [-0.2, -0.15) is 0 Å². The molecule has 4 aliphatic rings. The minimum atomic E-state index is -1.79. The second kappa shape index (κ2) is 5.85. The van der Waals surface area contributed by atoms with Crippen LogP contribution in [-0.4, -0.2) is 28.4 Å². The molecule has 4 aliphatic carbocycles. The highest BCUT2D eigenvalue weighted by molar-refractivity contribution is 6.01. The van der Waals surface area contributed by atoms with Crippen LogP contribution in [0.2, 0.25) is 0 Å². The first-order valence-electron chi connectivity index (χ1n) is 10.4. The number of carbonyl (C=O) groups is 2. The summed E-state index contributed by atoms with van der Waals surface area (Å²) >= 11 is 0. The molecule has 4 rings (SSSR count). The van der Waals surface area contributed by atoms with Gasteiger partial charge in [-0.25, -0.2) is 4.39 Å². The highest BCUT2D eigenvalue weighted by atomic mass is 19.1. The third kappa shape index (κ3) is 2.22. The lowest BCUT2D eigenvalue weighted by molar-refractivity contribution is -0.195. The summed E-state index contributed by atoms with van der Waals surface area (Å²) in [5.74, 6) is 0.0730. The lowest BCUT2D eigenvalue weighted by atomic mass is 9.45. The van der Waals surface area contributed by atoms with Crippen LogP contribution in [0.5, 0.6) is 0 Å². The zero-order valence-corrected chi connectivity index (χ0v) is 16.8. The number of hydrogen-bond acceptors (Lipinski definition) is 3.